The summed E-state index contributed by atoms with van der Waals surface area (Å²) in [7, 11) is 1.80. The lowest BCUT2D eigenvalue weighted by Crippen LogP contribution is -2.46. The molecule has 2 fully saturated rings. The van der Waals surface area contributed by atoms with E-state index in [2.05, 4.69) is 4.98 Å². The molecule has 0 unspecified atom stereocenters. The first kappa shape index (κ1) is 13.1. The zero-order valence-electron chi connectivity index (χ0n) is 11.5. The molecule has 1 aliphatic heterocycles. The van der Waals surface area contributed by atoms with Crippen molar-refractivity contribution in [1.29, 1.82) is 0 Å². The summed E-state index contributed by atoms with van der Waals surface area (Å²) in [4.78, 5) is 29.7. The van der Waals surface area contributed by atoms with Crippen LogP contribution in [-0.2, 0) is 11.8 Å². The smallest absolute Gasteiger partial charge is 0.326 e. The minimum Gasteiger partial charge on any atom is -0.480 e. The molecule has 108 valence electrons. The molecule has 3 atom stereocenters. The van der Waals surface area contributed by atoms with Crippen molar-refractivity contribution in [3.05, 3.63) is 18.2 Å². The summed E-state index contributed by atoms with van der Waals surface area (Å²) in [6.45, 7) is 0. The SMILES string of the molecule is Cn1cnc(C(=O)N2[C@H](C(=O)O)C[C@H]3CCCC[C@@H]32)c1. The molecule has 6 heteroatoms. The first-order chi connectivity index (χ1) is 9.58. The number of aliphatic carboxylic acids is 1. The third-order valence-corrected chi connectivity index (χ3v) is 4.53. The zero-order chi connectivity index (χ0) is 14.3. The van der Waals surface area contributed by atoms with Crippen molar-refractivity contribution < 1.29 is 14.7 Å². The highest BCUT2D eigenvalue weighted by Gasteiger charge is 2.48. The maximum atomic E-state index is 12.6. The molecule has 20 heavy (non-hydrogen) atoms. The van der Waals surface area contributed by atoms with Crippen molar-refractivity contribution in [2.24, 2.45) is 13.0 Å². The van der Waals surface area contributed by atoms with Crippen LogP contribution in [0.2, 0.25) is 0 Å². The van der Waals surface area contributed by atoms with E-state index >= 15 is 0 Å². The van der Waals surface area contributed by atoms with Crippen LogP contribution in [0.5, 0.6) is 0 Å². The number of hydrogen-bond acceptors (Lipinski definition) is 3. The number of fused-ring (bicyclic) bond motifs is 1. The summed E-state index contributed by atoms with van der Waals surface area (Å²) in [5.41, 5.74) is 0.338. The van der Waals surface area contributed by atoms with Gasteiger partial charge in [-0.2, -0.15) is 0 Å². The number of amides is 1. The average Bonchev–Trinajstić information content (AvgIpc) is 3.01. The molecule has 1 N–H and O–H groups in total. The van der Waals surface area contributed by atoms with Gasteiger partial charge in [-0.25, -0.2) is 9.78 Å². The molecule has 6 nitrogen and oxygen atoms in total. The number of carbonyl (C=O) groups excluding carboxylic acids is 1. The predicted octanol–water partition coefficient (Wildman–Crippen LogP) is 1.28. The molecule has 0 radical (unpaired) electrons. The lowest BCUT2D eigenvalue weighted by atomic mass is 9.84. The second-order valence-corrected chi connectivity index (χ2v) is 5.84. The minimum absolute atomic E-state index is 0.0688. The van der Waals surface area contributed by atoms with E-state index in [9.17, 15) is 14.7 Å². The molecule has 2 heterocycles. The summed E-state index contributed by atoms with van der Waals surface area (Å²) in [5.74, 6) is -0.811. The fraction of sp³-hybridized carbons (Fsp3) is 0.643. The summed E-state index contributed by atoms with van der Waals surface area (Å²) >= 11 is 0. The van der Waals surface area contributed by atoms with Crippen molar-refractivity contribution in [3.8, 4) is 0 Å². The largest absolute Gasteiger partial charge is 0.480 e. The molecule has 1 aliphatic carbocycles. The average molecular weight is 277 g/mol. The van der Waals surface area contributed by atoms with Gasteiger partial charge in [0.15, 0.2) is 0 Å². The van der Waals surface area contributed by atoms with Gasteiger partial charge in [-0.15, -0.1) is 0 Å². The minimum atomic E-state index is -0.899. The van der Waals surface area contributed by atoms with Crippen LogP contribution in [0.15, 0.2) is 12.5 Å². The summed E-state index contributed by atoms with van der Waals surface area (Å²) in [6, 6.07) is -0.628. The van der Waals surface area contributed by atoms with Gasteiger partial charge in [0.2, 0.25) is 0 Å². The Morgan fingerprint density at radius 1 is 1.35 bits per heavy atom. The van der Waals surface area contributed by atoms with Gasteiger partial charge in [-0.3, -0.25) is 4.79 Å². The van der Waals surface area contributed by atoms with Crippen LogP contribution in [0.3, 0.4) is 0 Å². The van der Waals surface area contributed by atoms with E-state index < -0.39 is 12.0 Å². The number of aryl methyl sites for hydroxylation is 1. The number of carboxylic acids is 1. The van der Waals surface area contributed by atoms with Crippen molar-refractivity contribution in [2.75, 3.05) is 0 Å². The van der Waals surface area contributed by atoms with Gasteiger partial charge in [-0.05, 0) is 25.2 Å². The van der Waals surface area contributed by atoms with E-state index in [0.717, 1.165) is 25.7 Å². The molecule has 1 aromatic rings. The summed E-state index contributed by atoms with van der Waals surface area (Å²) in [6.07, 6.45) is 7.94. The van der Waals surface area contributed by atoms with Gasteiger partial charge in [0.1, 0.15) is 11.7 Å². The number of rotatable bonds is 2. The number of aromatic nitrogens is 2. The number of hydrogen-bond donors (Lipinski definition) is 1. The zero-order valence-corrected chi connectivity index (χ0v) is 11.5. The van der Waals surface area contributed by atoms with E-state index in [1.54, 1.807) is 29.0 Å². The summed E-state index contributed by atoms with van der Waals surface area (Å²) in [5, 5.41) is 9.41. The van der Waals surface area contributed by atoms with E-state index in [1.807, 2.05) is 0 Å². The highest BCUT2D eigenvalue weighted by molar-refractivity contribution is 5.95. The van der Waals surface area contributed by atoms with Crippen molar-refractivity contribution in [3.63, 3.8) is 0 Å². The number of likely N-dealkylation sites (tertiary alicyclic amines) is 1. The van der Waals surface area contributed by atoms with Crippen LogP contribution in [0, 0.1) is 5.92 Å². The second kappa shape index (κ2) is 4.92. The number of imidazole rings is 1. The number of carboxylic acid groups (broad SMARTS) is 1. The number of nitrogens with zero attached hydrogens (tertiary/aromatic N) is 3. The molecular weight excluding hydrogens is 258 g/mol. The van der Waals surface area contributed by atoms with Crippen LogP contribution in [0.4, 0.5) is 0 Å². The van der Waals surface area contributed by atoms with Crippen molar-refractivity contribution in [2.45, 2.75) is 44.2 Å². The van der Waals surface area contributed by atoms with Gasteiger partial charge >= 0.3 is 5.97 Å². The Labute approximate surface area is 117 Å². The van der Waals surface area contributed by atoms with Crippen molar-refractivity contribution in [1.82, 2.24) is 14.5 Å². The van der Waals surface area contributed by atoms with Gasteiger partial charge < -0.3 is 14.6 Å². The van der Waals surface area contributed by atoms with Crippen LogP contribution < -0.4 is 0 Å². The topological polar surface area (TPSA) is 75.4 Å². The molecular formula is C14H19N3O3. The van der Waals surface area contributed by atoms with Crippen LogP contribution in [0.1, 0.15) is 42.6 Å². The van der Waals surface area contributed by atoms with Crippen LogP contribution in [0.25, 0.3) is 0 Å². The highest BCUT2D eigenvalue weighted by Crippen LogP contribution is 2.40. The Kier molecular flexibility index (Phi) is 3.23. The standard InChI is InChI=1S/C14H19N3O3/c1-16-7-10(15-8-16)13(18)17-11-5-3-2-4-9(11)6-12(17)14(19)20/h7-9,11-12H,2-6H2,1H3,(H,19,20)/t9-,11+,12+/m1/s1. The molecule has 1 aromatic heterocycles. The lowest BCUT2D eigenvalue weighted by Gasteiger charge is -2.32. The van der Waals surface area contributed by atoms with Crippen LogP contribution in [-0.4, -0.2) is 43.5 Å². The maximum Gasteiger partial charge on any atom is 0.326 e. The van der Waals surface area contributed by atoms with Crippen LogP contribution >= 0.6 is 0 Å². The molecule has 0 aromatic carbocycles. The monoisotopic (exact) mass is 277 g/mol. The Balaban J connectivity index is 1.90. The third-order valence-electron chi connectivity index (χ3n) is 4.53. The van der Waals surface area contributed by atoms with Gasteiger partial charge in [0.05, 0.1) is 6.33 Å². The summed E-state index contributed by atoms with van der Waals surface area (Å²) < 4.78 is 1.71. The Bertz CT molecular complexity index is 540. The van der Waals surface area contributed by atoms with E-state index in [1.165, 1.54) is 0 Å². The van der Waals surface area contributed by atoms with Crippen molar-refractivity contribution >= 4 is 11.9 Å². The van der Waals surface area contributed by atoms with Gasteiger partial charge in [-0.1, -0.05) is 12.8 Å². The quantitative estimate of drug-likeness (QED) is 0.883. The fourth-order valence-corrected chi connectivity index (χ4v) is 3.63. The first-order valence-electron chi connectivity index (χ1n) is 7.11. The van der Waals surface area contributed by atoms with E-state index in [0.29, 0.717) is 18.0 Å². The first-order valence-corrected chi connectivity index (χ1v) is 7.11. The molecule has 0 spiro atoms. The molecule has 3 rings (SSSR count). The Morgan fingerprint density at radius 3 is 2.75 bits per heavy atom. The second-order valence-electron chi connectivity index (χ2n) is 5.84. The normalized spacial score (nSPS) is 29.2. The molecule has 2 aliphatic rings. The maximum absolute atomic E-state index is 12.6. The van der Waals surface area contributed by atoms with E-state index in [4.69, 9.17) is 0 Å². The highest BCUT2D eigenvalue weighted by atomic mass is 16.4. The molecule has 1 saturated carbocycles. The van der Waals surface area contributed by atoms with Gasteiger partial charge in [0, 0.05) is 19.3 Å². The molecule has 1 saturated heterocycles. The Morgan fingerprint density at radius 2 is 2.10 bits per heavy atom. The van der Waals surface area contributed by atoms with Gasteiger partial charge in [0.25, 0.3) is 5.91 Å². The predicted molar refractivity (Wildman–Crippen MR) is 71.2 cm³/mol. The molecule has 0 bridgehead atoms. The lowest BCUT2D eigenvalue weighted by molar-refractivity contribution is -0.141. The third kappa shape index (κ3) is 2.09. The Hall–Kier alpha value is -1.85. The fourth-order valence-electron chi connectivity index (χ4n) is 3.63. The van der Waals surface area contributed by atoms with E-state index in [-0.39, 0.29) is 11.9 Å². The number of carbonyl (C=O) groups is 2. The molecule has 1 amide bonds.